The van der Waals surface area contributed by atoms with Gasteiger partial charge < -0.3 is 52.1 Å². The Kier molecular flexibility index (Phi) is 45.4. The highest BCUT2D eigenvalue weighted by Gasteiger charge is 2.53. The van der Waals surface area contributed by atoms with Gasteiger partial charge in [0.05, 0.1) is 25.2 Å². The van der Waals surface area contributed by atoms with Crippen molar-refractivity contribution >= 4 is 11.8 Å². The van der Waals surface area contributed by atoms with E-state index in [0.29, 0.717) is 91.4 Å². The Bertz CT molecular complexity index is 3520. The lowest BCUT2D eigenvalue weighted by molar-refractivity contribution is -0.174. The van der Waals surface area contributed by atoms with Crippen LogP contribution in [0.25, 0.3) is 0 Å². The van der Waals surface area contributed by atoms with E-state index in [0.717, 1.165) is 98.6 Å². The van der Waals surface area contributed by atoms with Gasteiger partial charge in [0.15, 0.2) is 32.0 Å². The third-order valence-electron chi connectivity index (χ3n) is 26.0. The predicted octanol–water partition coefficient (Wildman–Crippen LogP) is 27.5. The zero-order valence-corrected chi connectivity index (χ0v) is 75.6. The molecular weight excluding hydrogens is 1450 g/mol. The van der Waals surface area contributed by atoms with Crippen LogP contribution >= 0.6 is 0 Å². The van der Waals surface area contributed by atoms with Crippen molar-refractivity contribution in [2.24, 2.45) is 41.4 Å². The summed E-state index contributed by atoms with van der Waals surface area (Å²) in [6.45, 7) is 40.7. The Labute approximate surface area is 704 Å². The number of carbonyl (C=O) groups excluding carboxylic acids is 2. The second kappa shape index (κ2) is 53.7. The predicted molar refractivity (Wildman–Crippen MR) is 477 cm³/mol. The molecule has 0 amide bonds. The van der Waals surface area contributed by atoms with Crippen LogP contribution in [0.15, 0.2) is 152 Å². The van der Waals surface area contributed by atoms with Crippen molar-refractivity contribution in [2.45, 2.75) is 345 Å². The van der Waals surface area contributed by atoms with Gasteiger partial charge in [-0.25, -0.2) is 0 Å². The number of ether oxygens (including phenoxy) is 11. The van der Waals surface area contributed by atoms with E-state index in [9.17, 15) is 9.59 Å². The number of hydrogen-bond acceptors (Lipinski definition) is 13. The summed E-state index contributed by atoms with van der Waals surface area (Å²) < 4.78 is 61.8. The quantitative estimate of drug-likeness (QED) is 0.0273. The van der Waals surface area contributed by atoms with E-state index in [-0.39, 0.29) is 37.0 Å². The summed E-state index contributed by atoms with van der Waals surface area (Å²) >= 11 is 0. The van der Waals surface area contributed by atoms with Gasteiger partial charge in [-0.1, -0.05) is 232 Å². The zero-order chi connectivity index (χ0) is 84.4. The molecule has 5 fully saturated rings. The van der Waals surface area contributed by atoms with Crippen molar-refractivity contribution in [3.8, 4) is 28.7 Å². The molecule has 2 bridgehead atoms. The number of methoxy groups -OCH3 is 2. The highest BCUT2D eigenvalue weighted by molar-refractivity contribution is 5.79. The zero-order valence-electron chi connectivity index (χ0n) is 75.6. The summed E-state index contributed by atoms with van der Waals surface area (Å²) in [6, 6.07) is 52.0. The van der Waals surface area contributed by atoms with Crippen LogP contribution in [0, 0.1) is 41.4 Å². The topological polar surface area (TPSA) is 136 Å². The van der Waals surface area contributed by atoms with Crippen LogP contribution in [-0.4, -0.2) is 82.8 Å². The van der Waals surface area contributed by atoms with Gasteiger partial charge in [0, 0.05) is 27.1 Å². The molecule has 646 valence electrons. The lowest BCUT2D eigenvalue weighted by Crippen LogP contribution is -2.44. The SMILES string of the molecule is CCC(C)(OC(=O)C1CC2CC1C(C)C2C)C1CCC(=O)CC1.CCC(C)c1ccc(OC(C)OC)cc1.CCC(C)c1ccc(OC(C)OC2CCCCC2)cc1.CCC(C)c1ccc(OC(C)OCCC2CCCCC2)cc1.CCC(C)c1ccc(OC(C)OCCc2ccccc2)cc1.CCC(C)c1ccc(OCOC)cc1. The van der Waals surface area contributed by atoms with E-state index in [4.69, 9.17) is 52.1 Å². The second-order valence-electron chi connectivity index (χ2n) is 34.2. The number of Topliss-reactive ketones (excluding diaryl/α,β-unsaturated/α-hetero) is 1. The van der Waals surface area contributed by atoms with Crippen LogP contribution in [0.1, 0.15) is 335 Å². The van der Waals surface area contributed by atoms with Crippen molar-refractivity contribution < 1.29 is 61.7 Å². The van der Waals surface area contributed by atoms with Gasteiger partial charge in [0.25, 0.3) is 0 Å². The van der Waals surface area contributed by atoms with Crippen molar-refractivity contribution in [3.63, 3.8) is 0 Å². The Morgan fingerprint density at radius 2 is 0.845 bits per heavy atom. The molecule has 6 aromatic rings. The maximum atomic E-state index is 12.9. The minimum absolute atomic E-state index is 0.0394. The average Bonchev–Trinajstić information content (AvgIpc) is 1.57. The van der Waals surface area contributed by atoms with E-state index in [1.54, 1.807) is 14.2 Å². The first-order chi connectivity index (χ1) is 55.9. The molecule has 13 nitrogen and oxygen atoms in total. The Morgan fingerprint density at radius 3 is 1.23 bits per heavy atom. The lowest BCUT2D eigenvalue weighted by atomic mass is 9.74. The summed E-state index contributed by atoms with van der Waals surface area (Å²) in [5, 5.41) is 0. The molecule has 0 heterocycles. The van der Waals surface area contributed by atoms with Crippen molar-refractivity contribution in [2.75, 3.05) is 34.2 Å². The number of rotatable bonds is 36. The molecule has 0 spiro atoms. The Hall–Kier alpha value is -6.74. The van der Waals surface area contributed by atoms with E-state index < -0.39 is 5.60 Å². The maximum Gasteiger partial charge on any atom is 0.309 e. The number of fused-ring (bicyclic) bond motifs is 2. The molecule has 5 saturated carbocycles. The molecule has 6 aromatic carbocycles. The number of ketones is 1. The molecule has 5 aliphatic rings. The minimum Gasteiger partial charge on any atom is -0.468 e. The van der Waals surface area contributed by atoms with Gasteiger partial charge in [-0.2, -0.15) is 0 Å². The van der Waals surface area contributed by atoms with Crippen molar-refractivity contribution in [1.29, 1.82) is 0 Å². The van der Waals surface area contributed by atoms with Crippen LogP contribution in [0.2, 0.25) is 0 Å². The van der Waals surface area contributed by atoms with Crippen LogP contribution < -0.4 is 23.7 Å². The maximum absolute atomic E-state index is 12.9. The van der Waals surface area contributed by atoms with Crippen molar-refractivity contribution in [3.05, 3.63) is 185 Å². The van der Waals surface area contributed by atoms with Gasteiger partial charge in [0.1, 0.15) is 40.1 Å². The van der Waals surface area contributed by atoms with E-state index in [1.165, 1.54) is 123 Å². The van der Waals surface area contributed by atoms with Gasteiger partial charge in [-0.15, -0.1) is 0 Å². The monoisotopic (exact) mass is 1600 g/mol. The van der Waals surface area contributed by atoms with E-state index in [2.05, 4.69) is 194 Å². The molecule has 13 heteroatoms. The van der Waals surface area contributed by atoms with Gasteiger partial charge >= 0.3 is 5.97 Å². The summed E-state index contributed by atoms with van der Waals surface area (Å²) in [6.07, 6.45) is 27.0. The van der Waals surface area contributed by atoms with E-state index in [1.807, 2.05) is 82.3 Å². The Balaban J connectivity index is 0.000000218. The third kappa shape index (κ3) is 34.5. The van der Waals surface area contributed by atoms with Gasteiger partial charge in [-0.05, 0) is 284 Å². The fourth-order valence-electron chi connectivity index (χ4n) is 16.5. The molecule has 0 radical (unpaired) electrons. The lowest BCUT2D eigenvalue weighted by Gasteiger charge is -2.40. The standard InChI is InChI=1S/C20H32O3.C20H32O2.C20H26O2.C18H28O2.C13H20O2.C12H18O2/c1-5-20(4,15-6-8-16(21)9-7-15)23-19(22)18-11-14-10-17(18)13(3)12(14)2;2*1-4-16(2)19-10-12-20(13-11-19)22-17(3)21-15-14-18-8-6-5-7-9-18;1-4-14(2)16-10-12-18(13-11-16)20-15(3)19-17-8-6-5-7-9-17;1-5-10(2)12-6-8-13(9-7-12)15-11(3)14-4;1-4-10(2)11-5-7-12(8-6-11)14-9-13-3/h12-15,17-18H,5-11H2,1-4H3;10-13,16-18H,4-9,14-15H2,1-3H3;5-13,16-17H,4,14-15H2,1-3H3;10-15,17H,4-9H2,1-3H3;6-11H,5H2,1-4H3;5-8,10H,4,9H2,1-3H3. The van der Waals surface area contributed by atoms with Gasteiger partial charge in [0.2, 0.25) is 0 Å². The molecule has 0 aromatic heterocycles. The highest BCUT2D eigenvalue weighted by Crippen LogP contribution is 2.56. The summed E-state index contributed by atoms with van der Waals surface area (Å²) in [5.74, 6) is 11.8. The number of esters is 1. The molecule has 15 atom stereocenters. The molecule has 5 aliphatic carbocycles. The first-order valence-corrected chi connectivity index (χ1v) is 45.3. The number of carbonyl (C=O) groups is 2. The normalized spacial score (nSPS) is 20.9. The minimum atomic E-state index is -0.394. The largest absolute Gasteiger partial charge is 0.468 e. The smallest absolute Gasteiger partial charge is 0.309 e. The molecule has 0 saturated heterocycles. The average molecular weight is 1600 g/mol. The highest BCUT2D eigenvalue weighted by atomic mass is 16.7. The van der Waals surface area contributed by atoms with E-state index >= 15 is 0 Å². The molecule has 15 unspecified atom stereocenters. The molecule has 0 aliphatic heterocycles. The second-order valence-corrected chi connectivity index (χ2v) is 34.2. The van der Waals surface area contributed by atoms with Crippen LogP contribution in [0.3, 0.4) is 0 Å². The fraction of sp³-hybridized carbons (Fsp3) is 0.631. The molecule has 11 rings (SSSR count). The first-order valence-electron chi connectivity index (χ1n) is 45.3. The molecule has 116 heavy (non-hydrogen) atoms. The summed E-state index contributed by atoms with van der Waals surface area (Å²) in [5.41, 5.74) is 7.71. The fourth-order valence-corrected chi connectivity index (χ4v) is 16.5. The first kappa shape index (κ1) is 98.1. The van der Waals surface area contributed by atoms with Gasteiger partial charge in [-0.3, -0.25) is 9.59 Å². The summed E-state index contributed by atoms with van der Waals surface area (Å²) in [4.78, 5) is 24.4. The number of hydrogen-bond donors (Lipinski definition) is 0. The van der Waals surface area contributed by atoms with Crippen LogP contribution in [-0.2, 0) is 44.4 Å². The molecular formula is C103H156O13. The molecule has 0 N–H and O–H groups in total. The third-order valence-corrected chi connectivity index (χ3v) is 26.0. The Morgan fingerprint density at radius 1 is 0.448 bits per heavy atom. The number of benzene rings is 6. The summed E-state index contributed by atoms with van der Waals surface area (Å²) in [7, 11) is 3.26. The van der Waals surface area contributed by atoms with Crippen LogP contribution in [0.5, 0.6) is 28.7 Å². The van der Waals surface area contributed by atoms with Crippen molar-refractivity contribution in [1.82, 2.24) is 0 Å². The van der Waals surface area contributed by atoms with Crippen LogP contribution in [0.4, 0.5) is 0 Å².